The summed E-state index contributed by atoms with van der Waals surface area (Å²) in [6.45, 7) is -0.242. The summed E-state index contributed by atoms with van der Waals surface area (Å²) in [4.78, 5) is 10.3. The fourth-order valence-corrected chi connectivity index (χ4v) is 2.90. The zero-order valence-electron chi connectivity index (χ0n) is 16.6. The summed E-state index contributed by atoms with van der Waals surface area (Å²) in [5, 5.41) is 0.731. The molecule has 0 spiro atoms. The molecule has 0 unspecified atom stereocenters. The summed E-state index contributed by atoms with van der Waals surface area (Å²) >= 11 is 0. The maximum atomic E-state index is 12.6. The Morgan fingerprint density at radius 2 is 1.80 bits per heavy atom. The molecule has 0 atom stereocenters. The first-order chi connectivity index (χ1) is 14.4. The highest BCUT2D eigenvalue weighted by Gasteiger charge is 2.29. The number of benzene rings is 2. The van der Waals surface area contributed by atoms with Gasteiger partial charge in [-0.3, -0.25) is 0 Å². The third-order valence-electron chi connectivity index (χ3n) is 4.28. The number of rotatable bonds is 9. The molecule has 0 fully saturated rings. The predicted molar refractivity (Wildman–Crippen MR) is 108 cm³/mol. The highest BCUT2D eigenvalue weighted by Crippen LogP contribution is 2.35. The van der Waals surface area contributed by atoms with Crippen molar-refractivity contribution >= 4 is 22.4 Å². The van der Waals surface area contributed by atoms with Crippen molar-refractivity contribution in [2.45, 2.75) is 12.6 Å². The van der Waals surface area contributed by atoms with E-state index in [1.807, 2.05) is 12.1 Å². The molecule has 2 aromatic carbocycles. The molecule has 6 nitrogen and oxygen atoms in total. The number of hydrogen-bond acceptors (Lipinski definition) is 6. The van der Waals surface area contributed by atoms with Crippen LogP contribution in [0.25, 0.3) is 10.9 Å². The summed E-state index contributed by atoms with van der Waals surface area (Å²) in [6, 6.07) is 11.9. The number of alkyl halides is 3. The van der Waals surface area contributed by atoms with E-state index >= 15 is 0 Å². The molecule has 9 heteroatoms. The van der Waals surface area contributed by atoms with Crippen molar-refractivity contribution in [1.29, 1.82) is 0 Å². The van der Waals surface area contributed by atoms with Crippen molar-refractivity contribution in [2.24, 2.45) is 0 Å². The Labute approximate surface area is 172 Å². The van der Waals surface area contributed by atoms with Crippen LogP contribution in [0.1, 0.15) is 6.42 Å². The number of fused-ring (bicyclic) bond motifs is 1. The van der Waals surface area contributed by atoms with E-state index in [2.05, 4.69) is 9.97 Å². The van der Waals surface area contributed by atoms with Crippen LogP contribution in [0.5, 0.6) is 11.5 Å². The summed E-state index contributed by atoms with van der Waals surface area (Å²) < 4.78 is 53.5. The SMILES string of the molecule is COCCCOc1ccc2c(N(C)c3ccccc3OCC(F)(F)F)ncnc2c1. The molecule has 0 saturated heterocycles. The van der Waals surface area contributed by atoms with Crippen LogP contribution >= 0.6 is 0 Å². The quantitative estimate of drug-likeness (QED) is 0.465. The average Bonchev–Trinajstić information content (AvgIpc) is 2.74. The Morgan fingerprint density at radius 3 is 2.57 bits per heavy atom. The lowest BCUT2D eigenvalue weighted by atomic mass is 10.2. The van der Waals surface area contributed by atoms with Crippen molar-refractivity contribution in [3.05, 3.63) is 48.8 Å². The fourth-order valence-electron chi connectivity index (χ4n) is 2.90. The van der Waals surface area contributed by atoms with Crippen LogP contribution in [0.2, 0.25) is 0 Å². The normalized spacial score (nSPS) is 11.5. The van der Waals surface area contributed by atoms with E-state index < -0.39 is 12.8 Å². The third kappa shape index (κ3) is 5.50. The van der Waals surface area contributed by atoms with Gasteiger partial charge in [0.2, 0.25) is 0 Å². The highest BCUT2D eigenvalue weighted by atomic mass is 19.4. The number of nitrogens with zero attached hydrogens (tertiary/aromatic N) is 3. The summed E-state index contributed by atoms with van der Waals surface area (Å²) in [5.74, 6) is 1.32. The molecule has 0 saturated carbocycles. The number of hydrogen-bond donors (Lipinski definition) is 0. The second-order valence-electron chi connectivity index (χ2n) is 6.50. The minimum atomic E-state index is -4.42. The maximum Gasteiger partial charge on any atom is 0.422 e. The van der Waals surface area contributed by atoms with Crippen LogP contribution in [-0.4, -0.2) is 50.1 Å². The minimum Gasteiger partial charge on any atom is -0.493 e. The fraction of sp³-hybridized carbons (Fsp3) is 0.333. The molecule has 0 radical (unpaired) electrons. The van der Waals surface area contributed by atoms with E-state index in [0.717, 1.165) is 11.8 Å². The lowest BCUT2D eigenvalue weighted by Gasteiger charge is -2.23. The van der Waals surface area contributed by atoms with Gasteiger partial charge >= 0.3 is 6.18 Å². The number of para-hydroxylation sites is 2. The molecule has 3 aromatic rings. The summed E-state index contributed by atoms with van der Waals surface area (Å²) in [5.41, 5.74) is 1.12. The highest BCUT2D eigenvalue weighted by molar-refractivity contribution is 5.92. The number of anilines is 2. The van der Waals surface area contributed by atoms with Gasteiger partial charge in [-0.1, -0.05) is 12.1 Å². The van der Waals surface area contributed by atoms with Crippen molar-refractivity contribution in [3.8, 4) is 11.5 Å². The number of aromatic nitrogens is 2. The lowest BCUT2D eigenvalue weighted by molar-refractivity contribution is -0.153. The second-order valence-corrected chi connectivity index (χ2v) is 6.50. The third-order valence-corrected chi connectivity index (χ3v) is 4.28. The Hall–Kier alpha value is -3.07. The predicted octanol–water partition coefficient (Wildman–Crippen LogP) is 4.75. The van der Waals surface area contributed by atoms with Crippen molar-refractivity contribution < 1.29 is 27.4 Å². The van der Waals surface area contributed by atoms with Crippen LogP contribution < -0.4 is 14.4 Å². The Balaban J connectivity index is 1.86. The topological polar surface area (TPSA) is 56.7 Å². The maximum absolute atomic E-state index is 12.6. The molecule has 1 aromatic heterocycles. The molecule has 0 aliphatic rings. The van der Waals surface area contributed by atoms with E-state index in [4.69, 9.17) is 14.2 Å². The molecule has 1 heterocycles. The van der Waals surface area contributed by atoms with Crippen molar-refractivity contribution in [1.82, 2.24) is 9.97 Å². The van der Waals surface area contributed by atoms with E-state index in [-0.39, 0.29) is 5.75 Å². The smallest absolute Gasteiger partial charge is 0.422 e. The summed E-state index contributed by atoms with van der Waals surface area (Å²) in [7, 11) is 3.35. The first-order valence-corrected chi connectivity index (χ1v) is 9.28. The van der Waals surface area contributed by atoms with Crippen LogP contribution in [0.15, 0.2) is 48.8 Å². The van der Waals surface area contributed by atoms with Crippen LogP contribution in [0.4, 0.5) is 24.7 Å². The molecule has 0 N–H and O–H groups in total. The Morgan fingerprint density at radius 1 is 1.00 bits per heavy atom. The average molecular weight is 421 g/mol. The van der Waals surface area contributed by atoms with Gasteiger partial charge < -0.3 is 19.1 Å². The van der Waals surface area contributed by atoms with Gasteiger partial charge in [-0.2, -0.15) is 13.2 Å². The lowest BCUT2D eigenvalue weighted by Crippen LogP contribution is -2.21. The first-order valence-electron chi connectivity index (χ1n) is 9.28. The van der Waals surface area contributed by atoms with Gasteiger partial charge in [-0.05, 0) is 24.3 Å². The molecule has 0 aliphatic carbocycles. The zero-order chi connectivity index (χ0) is 21.6. The van der Waals surface area contributed by atoms with Gasteiger partial charge in [-0.15, -0.1) is 0 Å². The molecule has 0 bridgehead atoms. The van der Waals surface area contributed by atoms with Gasteiger partial charge in [0.25, 0.3) is 0 Å². The Kier molecular flexibility index (Phi) is 6.94. The van der Waals surface area contributed by atoms with Gasteiger partial charge in [0.05, 0.1) is 17.8 Å². The molecular formula is C21H22F3N3O3. The molecule has 0 aliphatic heterocycles. The number of halogens is 3. The van der Waals surface area contributed by atoms with Crippen molar-refractivity contribution in [3.63, 3.8) is 0 Å². The largest absolute Gasteiger partial charge is 0.493 e. The van der Waals surface area contributed by atoms with Gasteiger partial charge in [0.15, 0.2) is 6.61 Å². The van der Waals surface area contributed by atoms with Gasteiger partial charge in [-0.25, -0.2) is 9.97 Å². The van der Waals surface area contributed by atoms with E-state index in [1.165, 1.54) is 12.4 Å². The Bertz CT molecular complexity index is 982. The van der Waals surface area contributed by atoms with Crippen LogP contribution in [0, 0.1) is 0 Å². The van der Waals surface area contributed by atoms with Crippen LogP contribution in [-0.2, 0) is 4.74 Å². The van der Waals surface area contributed by atoms with Crippen LogP contribution in [0.3, 0.4) is 0 Å². The molecule has 0 amide bonds. The molecule has 160 valence electrons. The molecule has 30 heavy (non-hydrogen) atoms. The monoisotopic (exact) mass is 421 g/mol. The standard InChI is InChI=1S/C21H22F3N3O3/c1-27(18-6-3-4-7-19(18)30-13-21(22,23)24)20-16-9-8-15(29-11-5-10-28-2)12-17(16)25-14-26-20/h3-4,6-9,12,14H,5,10-11,13H2,1-2H3. The molecule has 3 rings (SSSR count). The zero-order valence-corrected chi connectivity index (χ0v) is 16.6. The van der Waals surface area contributed by atoms with Gasteiger partial charge in [0, 0.05) is 38.6 Å². The van der Waals surface area contributed by atoms with E-state index in [9.17, 15) is 13.2 Å². The minimum absolute atomic E-state index is 0.113. The van der Waals surface area contributed by atoms with E-state index in [0.29, 0.717) is 36.0 Å². The number of methoxy groups -OCH3 is 1. The van der Waals surface area contributed by atoms with E-state index in [1.54, 1.807) is 43.3 Å². The summed E-state index contributed by atoms with van der Waals surface area (Å²) in [6.07, 6.45) is -2.25. The molecular weight excluding hydrogens is 399 g/mol. The van der Waals surface area contributed by atoms with Crippen molar-refractivity contribution in [2.75, 3.05) is 38.9 Å². The van der Waals surface area contributed by atoms with Gasteiger partial charge in [0.1, 0.15) is 23.6 Å². The number of ether oxygens (including phenoxy) is 3. The second kappa shape index (κ2) is 9.62. The first kappa shape index (κ1) is 21.6.